The zero-order chi connectivity index (χ0) is 21.9. The van der Waals surface area contributed by atoms with Gasteiger partial charge in [-0.1, -0.05) is 88.0 Å². The Kier molecular flexibility index (Phi) is 8.19. The van der Waals surface area contributed by atoms with Crippen molar-refractivity contribution < 1.29 is 4.79 Å². The van der Waals surface area contributed by atoms with Gasteiger partial charge in [0.05, 0.1) is 0 Å². The van der Waals surface area contributed by atoms with E-state index in [9.17, 15) is 4.79 Å². The highest BCUT2D eigenvalue weighted by molar-refractivity contribution is 7.60. The number of amides is 2. The minimum atomic E-state index is -0.166. The smallest absolute Gasteiger partial charge is 0.320 e. The van der Waals surface area contributed by atoms with Crippen LogP contribution in [0.3, 0.4) is 0 Å². The lowest BCUT2D eigenvalue weighted by Crippen LogP contribution is -2.55. The second kappa shape index (κ2) is 10.1. The molecule has 4 heteroatoms. The van der Waals surface area contributed by atoms with Crippen molar-refractivity contribution in [3.05, 3.63) is 0 Å². The van der Waals surface area contributed by atoms with E-state index < -0.39 is 0 Å². The van der Waals surface area contributed by atoms with Gasteiger partial charge in [0.15, 0.2) is 0 Å². The Morgan fingerprint density at radius 2 is 1.23 bits per heavy atom. The first-order chi connectivity index (χ1) is 14.1. The number of likely N-dealkylation sites (tertiary alicyclic amines) is 1. The number of carbonyl (C=O) groups excluding carboxylic acids is 1. The zero-order valence-corrected chi connectivity index (χ0v) is 21.8. The van der Waals surface area contributed by atoms with E-state index in [4.69, 9.17) is 0 Å². The van der Waals surface area contributed by atoms with Crippen molar-refractivity contribution in [3.8, 4) is 0 Å². The van der Waals surface area contributed by atoms with Gasteiger partial charge >= 0.3 is 6.03 Å². The van der Waals surface area contributed by atoms with Crippen molar-refractivity contribution in [1.29, 1.82) is 0 Å². The van der Waals surface area contributed by atoms with Crippen LogP contribution in [0.2, 0.25) is 0 Å². The summed E-state index contributed by atoms with van der Waals surface area (Å²) in [5, 5.41) is 0.661. The lowest BCUT2D eigenvalue weighted by molar-refractivity contribution is 0.0774. The van der Waals surface area contributed by atoms with E-state index in [1.165, 1.54) is 83.2 Å². The molecule has 0 radical (unpaired) electrons. The van der Waals surface area contributed by atoms with Crippen molar-refractivity contribution >= 4 is 14.0 Å². The molecular weight excluding hydrogens is 387 g/mol. The summed E-state index contributed by atoms with van der Waals surface area (Å²) in [6.07, 6.45) is 16.5. The average Bonchev–Trinajstić information content (AvgIpc) is 3.15. The standard InChI is InChI=1S/C26H49N2OP/c1-25(2,3)30(26(4,5)6)20-23-18-13-19-27(23)24(29)28(21-14-9-7-10-15-21)22-16-11-8-12-17-22/h21-23H,7-20H2,1-6H3/t23-/m0/s1. The molecule has 3 nitrogen and oxygen atoms in total. The summed E-state index contributed by atoms with van der Waals surface area (Å²) < 4.78 is 0. The molecule has 3 rings (SSSR count). The molecule has 0 spiro atoms. The molecule has 1 atom stereocenters. The minimum Gasteiger partial charge on any atom is -0.321 e. The Hall–Kier alpha value is -0.300. The first kappa shape index (κ1) is 24.3. The molecule has 0 bridgehead atoms. The second-order valence-corrected chi connectivity index (χ2v) is 16.1. The van der Waals surface area contributed by atoms with E-state index in [0.717, 1.165) is 6.54 Å². The third-order valence-electron chi connectivity index (χ3n) is 7.79. The minimum absolute atomic E-state index is 0.166. The number of urea groups is 1. The van der Waals surface area contributed by atoms with Crippen LogP contribution in [0.15, 0.2) is 0 Å². The van der Waals surface area contributed by atoms with Crippen LogP contribution in [-0.4, -0.2) is 57.0 Å². The molecule has 30 heavy (non-hydrogen) atoms. The number of rotatable bonds is 4. The molecule has 2 amide bonds. The van der Waals surface area contributed by atoms with Crippen molar-refractivity contribution in [2.24, 2.45) is 0 Å². The topological polar surface area (TPSA) is 23.6 Å². The Balaban J connectivity index is 1.78. The van der Waals surface area contributed by atoms with E-state index in [-0.39, 0.29) is 7.92 Å². The molecule has 0 aromatic rings. The summed E-state index contributed by atoms with van der Waals surface area (Å²) in [5.41, 5.74) is 0. The van der Waals surface area contributed by atoms with Gasteiger partial charge in [0.1, 0.15) is 0 Å². The lowest BCUT2D eigenvalue weighted by atomic mass is 9.89. The summed E-state index contributed by atoms with van der Waals surface area (Å²) >= 11 is 0. The van der Waals surface area contributed by atoms with E-state index in [1.807, 2.05) is 0 Å². The molecule has 3 aliphatic rings. The van der Waals surface area contributed by atoms with Gasteiger partial charge in [0.2, 0.25) is 0 Å². The summed E-state index contributed by atoms with van der Waals surface area (Å²) in [6, 6.07) is 1.87. The van der Waals surface area contributed by atoms with Crippen LogP contribution in [0.4, 0.5) is 4.79 Å². The van der Waals surface area contributed by atoms with Gasteiger partial charge in [-0.05, 0) is 55.0 Å². The third kappa shape index (κ3) is 5.93. The van der Waals surface area contributed by atoms with Crippen LogP contribution in [0.5, 0.6) is 0 Å². The molecule has 1 heterocycles. The van der Waals surface area contributed by atoms with E-state index in [1.54, 1.807) is 0 Å². The highest BCUT2D eigenvalue weighted by Crippen LogP contribution is 2.60. The predicted octanol–water partition coefficient (Wildman–Crippen LogP) is 7.62. The van der Waals surface area contributed by atoms with Crippen LogP contribution < -0.4 is 0 Å². The molecule has 1 aliphatic heterocycles. The molecule has 0 aromatic carbocycles. The molecule has 0 aromatic heterocycles. The van der Waals surface area contributed by atoms with Crippen molar-refractivity contribution in [3.63, 3.8) is 0 Å². The highest BCUT2D eigenvalue weighted by Gasteiger charge is 2.42. The average molecular weight is 437 g/mol. The fraction of sp³-hybridized carbons (Fsp3) is 0.962. The van der Waals surface area contributed by atoms with Gasteiger partial charge in [-0.3, -0.25) is 0 Å². The van der Waals surface area contributed by atoms with Gasteiger partial charge < -0.3 is 9.80 Å². The maximum Gasteiger partial charge on any atom is 0.320 e. The maximum atomic E-state index is 14.1. The van der Waals surface area contributed by atoms with Crippen LogP contribution in [0.1, 0.15) is 119 Å². The molecule has 3 fully saturated rings. The maximum absolute atomic E-state index is 14.1. The molecule has 174 valence electrons. The second-order valence-electron chi connectivity index (χ2n) is 12.2. The van der Waals surface area contributed by atoms with Crippen molar-refractivity contribution in [2.75, 3.05) is 12.7 Å². The van der Waals surface area contributed by atoms with Gasteiger partial charge in [0.25, 0.3) is 0 Å². The first-order valence-corrected chi connectivity index (χ1v) is 14.5. The van der Waals surface area contributed by atoms with Crippen molar-refractivity contribution in [1.82, 2.24) is 9.80 Å². The predicted molar refractivity (Wildman–Crippen MR) is 132 cm³/mol. The SMILES string of the molecule is CC(C)(C)P(C[C@@H]1CCCN1C(=O)N(C1CCCCC1)C1CCCCC1)C(C)(C)C. The zero-order valence-electron chi connectivity index (χ0n) is 20.9. The van der Waals surface area contributed by atoms with Gasteiger partial charge in [-0.2, -0.15) is 0 Å². The lowest BCUT2D eigenvalue weighted by Gasteiger charge is -2.47. The molecule has 2 saturated carbocycles. The molecular formula is C26H49N2OP. The monoisotopic (exact) mass is 436 g/mol. The summed E-state index contributed by atoms with van der Waals surface area (Å²) in [6.45, 7) is 15.5. The van der Waals surface area contributed by atoms with Crippen LogP contribution in [-0.2, 0) is 0 Å². The fourth-order valence-corrected chi connectivity index (χ4v) is 10.4. The largest absolute Gasteiger partial charge is 0.321 e. The van der Waals surface area contributed by atoms with Crippen LogP contribution in [0.25, 0.3) is 0 Å². The molecule has 1 saturated heterocycles. The quantitative estimate of drug-likeness (QED) is 0.416. The number of hydrogen-bond acceptors (Lipinski definition) is 1. The van der Waals surface area contributed by atoms with Gasteiger partial charge in [0, 0.05) is 24.7 Å². The van der Waals surface area contributed by atoms with Crippen molar-refractivity contribution in [2.45, 2.75) is 147 Å². The molecule has 0 unspecified atom stereocenters. The number of hydrogen-bond donors (Lipinski definition) is 0. The van der Waals surface area contributed by atoms with Gasteiger partial charge in [-0.25, -0.2) is 4.79 Å². The first-order valence-electron chi connectivity index (χ1n) is 13.0. The van der Waals surface area contributed by atoms with E-state index >= 15 is 0 Å². The highest BCUT2D eigenvalue weighted by atomic mass is 31.1. The van der Waals surface area contributed by atoms with E-state index in [0.29, 0.717) is 34.5 Å². The summed E-state index contributed by atoms with van der Waals surface area (Å²) in [4.78, 5) is 18.9. The van der Waals surface area contributed by atoms with Gasteiger partial charge in [-0.15, -0.1) is 0 Å². The summed E-state index contributed by atoms with van der Waals surface area (Å²) in [7, 11) is -0.166. The Morgan fingerprint density at radius 1 is 0.767 bits per heavy atom. The Bertz CT molecular complexity index is 520. The summed E-state index contributed by atoms with van der Waals surface area (Å²) in [5.74, 6) is 0. The Labute approximate surface area is 188 Å². The third-order valence-corrected chi connectivity index (χ3v) is 11.8. The van der Waals surface area contributed by atoms with Crippen LogP contribution in [0, 0.1) is 0 Å². The fourth-order valence-electron chi connectivity index (χ4n) is 6.52. The van der Waals surface area contributed by atoms with Crippen LogP contribution >= 0.6 is 7.92 Å². The number of carbonyl (C=O) groups is 1. The normalized spacial score (nSPS) is 25.2. The Morgan fingerprint density at radius 3 is 1.67 bits per heavy atom. The van der Waals surface area contributed by atoms with E-state index in [2.05, 4.69) is 51.3 Å². The molecule has 0 N–H and O–H groups in total. The number of nitrogens with zero attached hydrogens (tertiary/aromatic N) is 2. The molecule has 2 aliphatic carbocycles.